The molecule has 0 bridgehead atoms. The predicted molar refractivity (Wildman–Crippen MR) is 75.3 cm³/mol. The molecule has 2 rings (SSSR count). The number of esters is 1. The highest BCUT2D eigenvalue weighted by molar-refractivity contribution is 9.10. The van der Waals surface area contributed by atoms with Crippen LogP contribution in [0, 0.1) is 0 Å². The van der Waals surface area contributed by atoms with Crippen molar-refractivity contribution in [2.75, 3.05) is 7.11 Å². The van der Waals surface area contributed by atoms with Crippen LogP contribution in [0.4, 0.5) is 0 Å². The van der Waals surface area contributed by atoms with E-state index in [-0.39, 0.29) is 24.6 Å². The summed E-state index contributed by atoms with van der Waals surface area (Å²) < 4.78 is 11.2. The maximum Gasteiger partial charge on any atom is 0.354 e. The van der Waals surface area contributed by atoms with Gasteiger partial charge in [0.25, 0.3) is 0 Å². The van der Waals surface area contributed by atoms with Crippen LogP contribution in [0.1, 0.15) is 18.4 Å². The van der Waals surface area contributed by atoms with Crippen molar-refractivity contribution >= 4 is 33.5 Å². The number of carbonyl (C=O) groups is 2. The summed E-state index contributed by atoms with van der Waals surface area (Å²) in [5.74, 6) is -0.0953. The molecule has 0 atom stereocenters. The Hall–Kier alpha value is -1.89. The van der Waals surface area contributed by atoms with Crippen LogP contribution in [-0.4, -0.2) is 24.7 Å². The van der Waals surface area contributed by atoms with Crippen LogP contribution in [0.2, 0.25) is 0 Å². The molecule has 1 aliphatic heterocycles. The molecular formula is C13H13BrN2O4. The van der Waals surface area contributed by atoms with Gasteiger partial charge in [-0.05, 0) is 18.2 Å². The maximum atomic E-state index is 11.8. The number of nitrogens with one attached hydrogen (secondary N) is 1. The zero-order valence-corrected chi connectivity index (χ0v) is 12.4. The smallest absolute Gasteiger partial charge is 0.354 e. The van der Waals surface area contributed by atoms with Gasteiger partial charge in [0.15, 0.2) is 0 Å². The molecule has 0 unspecified atom stereocenters. The Bertz CT molecular complexity index is 571. The number of hydrogen-bond acceptors (Lipinski definition) is 5. The number of carbonyl (C=O) groups excluding carboxylic acids is 2. The number of amides is 1. The highest BCUT2D eigenvalue weighted by Crippen LogP contribution is 2.23. The van der Waals surface area contributed by atoms with Gasteiger partial charge in [-0.3, -0.25) is 4.79 Å². The minimum atomic E-state index is -0.535. The van der Waals surface area contributed by atoms with Gasteiger partial charge in [0.1, 0.15) is 18.1 Å². The van der Waals surface area contributed by atoms with Crippen molar-refractivity contribution in [3.8, 4) is 5.75 Å². The Morgan fingerprint density at radius 1 is 1.45 bits per heavy atom. The molecule has 1 amide bonds. The van der Waals surface area contributed by atoms with Crippen LogP contribution in [0.25, 0.3) is 0 Å². The molecule has 0 saturated carbocycles. The molecule has 7 heteroatoms. The van der Waals surface area contributed by atoms with E-state index in [9.17, 15) is 9.59 Å². The van der Waals surface area contributed by atoms with E-state index in [4.69, 9.17) is 9.47 Å². The molecule has 1 heterocycles. The molecule has 0 aromatic heterocycles. The van der Waals surface area contributed by atoms with E-state index in [0.717, 1.165) is 10.0 Å². The fourth-order valence-corrected chi connectivity index (χ4v) is 2.12. The minimum absolute atomic E-state index is 0.0778. The van der Waals surface area contributed by atoms with Crippen LogP contribution < -0.4 is 10.2 Å². The molecule has 1 N–H and O–H groups in total. The summed E-state index contributed by atoms with van der Waals surface area (Å²) in [6.45, 7) is 0.0778. The number of benzene rings is 1. The van der Waals surface area contributed by atoms with Gasteiger partial charge >= 0.3 is 5.97 Å². The van der Waals surface area contributed by atoms with Gasteiger partial charge < -0.3 is 9.47 Å². The largest absolute Gasteiger partial charge is 0.496 e. The molecule has 20 heavy (non-hydrogen) atoms. The predicted octanol–water partition coefficient (Wildman–Crippen LogP) is 1.77. The summed E-state index contributed by atoms with van der Waals surface area (Å²) in [6.07, 6.45) is 0.536. The van der Waals surface area contributed by atoms with E-state index in [0.29, 0.717) is 12.2 Å². The van der Waals surface area contributed by atoms with Crippen molar-refractivity contribution in [2.45, 2.75) is 19.4 Å². The summed E-state index contributed by atoms with van der Waals surface area (Å²) in [7, 11) is 1.55. The number of rotatable bonds is 4. The fourth-order valence-electron chi connectivity index (χ4n) is 1.71. The SMILES string of the molecule is COc1ccc(Br)cc1COC(=O)C1=NNC(=O)CC1. The molecule has 0 radical (unpaired) electrons. The molecule has 1 aliphatic rings. The number of hydrogen-bond donors (Lipinski definition) is 1. The molecule has 0 aliphatic carbocycles. The molecule has 0 spiro atoms. The third-order valence-electron chi connectivity index (χ3n) is 2.74. The normalized spacial score (nSPS) is 14.3. The van der Waals surface area contributed by atoms with Gasteiger partial charge in [-0.25, -0.2) is 10.2 Å². The van der Waals surface area contributed by atoms with E-state index in [1.165, 1.54) is 0 Å². The first-order valence-corrected chi connectivity index (χ1v) is 6.74. The number of hydrazone groups is 1. The summed E-state index contributed by atoms with van der Waals surface area (Å²) in [5.41, 5.74) is 3.23. The van der Waals surface area contributed by atoms with E-state index >= 15 is 0 Å². The fraction of sp³-hybridized carbons (Fsp3) is 0.308. The Labute approximate surface area is 124 Å². The van der Waals surface area contributed by atoms with Gasteiger partial charge in [0, 0.05) is 22.9 Å². The second kappa shape index (κ2) is 6.51. The second-order valence-electron chi connectivity index (χ2n) is 4.13. The lowest BCUT2D eigenvalue weighted by molar-refractivity contribution is -0.137. The highest BCUT2D eigenvalue weighted by atomic mass is 79.9. The van der Waals surface area contributed by atoms with Gasteiger partial charge in [-0.15, -0.1) is 0 Å². The van der Waals surface area contributed by atoms with E-state index in [1.807, 2.05) is 12.1 Å². The van der Waals surface area contributed by atoms with E-state index in [2.05, 4.69) is 26.5 Å². The van der Waals surface area contributed by atoms with Crippen molar-refractivity contribution in [2.24, 2.45) is 5.10 Å². The van der Waals surface area contributed by atoms with Crippen molar-refractivity contribution in [3.63, 3.8) is 0 Å². The lowest BCUT2D eigenvalue weighted by atomic mass is 10.2. The monoisotopic (exact) mass is 340 g/mol. The zero-order valence-electron chi connectivity index (χ0n) is 10.8. The molecule has 0 fully saturated rings. The summed E-state index contributed by atoms with van der Waals surface area (Å²) in [5, 5.41) is 3.68. The first-order chi connectivity index (χ1) is 9.60. The van der Waals surface area contributed by atoms with Crippen LogP contribution in [0.3, 0.4) is 0 Å². The lowest BCUT2D eigenvalue weighted by Crippen LogP contribution is -2.30. The van der Waals surface area contributed by atoms with Gasteiger partial charge in [0.2, 0.25) is 5.91 Å². The number of ether oxygens (including phenoxy) is 2. The first-order valence-electron chi connectivity index (χ1n) is 5.95. The number of halogens is 1. The Morgan fingerprint density at radius 3 is 2.90 bits per heavy atom. The van der Waals surface area contributed by atoms with Crippen LogP contribution in [0.15, 0.2) is 27.8 Å². The number of nitrogens with zero attached hydrogens (tertiary/aromatic N) is 1. The Morgan fingerprint density at radius 2 is 2.25 bits per heavy atom. The topological polar surface area (TPSA) is 77.0 Å². The third-order valence-corrected chi connectivity index (χ3v) is 3.23. The average Bonchev–Trinajstić information content (AvgIpc) is 2.45. The Balaban J connectivity index is 2.00. The maximum absolute atomic E-state index is 11.8. The molecule has 0 saturated heterocycles. The molecular weight excluding hydrogens is 328 g/mol. The van der Waals surface area contributed by atoms with Crippen molar-refractivity contribution in [3.05, 3.63) is 28.2 Å². The molecule has 1 aromatic rings. The van der Waals surface area contributed by atoms with Gasteiger partial charge in [-0.1, -0.05) is 15.9 Å². The minimum Gasteiger partial charge on any atom is -0.496 e. The Kier molecular flexibility index (Phi) is 4.73. The molecule has 106 valence electrons. The van der Waals surface area contributed by atoms with Crippen molar-refractivity contribution in [1.29, 1.82) is 0 Å². The summed E-state index contributed by atoms with van der Waals surface area (Å²) in [4.78, 5) is 22.7. The average molecular weight is 341 g/mol. The second-order valence-corrected chi connectivity index (χ2v) is 5.04. The van der Waals surface area contributed by atoms with Gasteiger partial charge in [-0.2, -0.15) is 5.10 Å². The quantitative estimate of drug-likeness (QED) is 0.847. The van der Waals surface area contributed by atoms with Crippen LogP contribution in [0.5, 0.6) is 5.75 Å². The summed E-state index contributed by atoms with van der Waals surface area (Å²) >= 11 is 3.35. The summed E-state index contributed by atoms with van der Waals surface area (Å²) in [6, 6.07) is 5.44. The first kappa shape index (κ1) is 14.5. The van der Waals surface area contributed by atoms with Gasteiger partial charge in [0.05, 0.1) is 7.11 Å². The third kappa shape index (κ3) is 3.57. The van der Waals surface area contributed by atoms with Crippen LogP contribution >= 0.6 is 15.9 Å². The molecule has 6 nitrogen and oxygen atoms in total. The standard InChI is InChI=1S/C13H13BrN2O4/c1-19-11-4-2-9(14)6-8(11)7-20-13(18)10-3-5-12(17)16-15-10/h2,4,6H,3,5,7H2,1H3,(H,16,17). The van der Waals surface area contributed by atoms with Crippen LogP contribution in [-0.2, 0) is 20.9 Å². The van der Waals surface area contributed by atoms with Crippen molar-refractivity contribution in [1.82, 2.24) is 5.43 Å². The number of methoxy groups -OCH3 is 1. The zero-order chi connectivity index (χ0) is 14.5. The molecule has 1 aromatic carbocycles. The van der Waals surface area contributed by atoms with Crippen molar-refractivity contribution < 1.29 is 19.1 Å². The van der Waals surface area contributed by atoms with E-state index in [1.54, 1.807) is 13.2 Å². The lowest BCUT2D eigenvalue weighted by Gasteiger charge is -2.13. The van der Waals surface area contributed by atoms with E-state index < -0.39 is 5.97 Å². The highest BCUT2D eigenvalue weighted by Gasteiger charge is 2.20.